The second-order valence-corrected chi connectivity index (χ2v) is 5.00. The number of amides is 1. The highest BCUT2D eigenvalue weighted by Gasteiger charge is 2.27. The summed E-state index contributed by atoms with van der Waals surface area (Å²) in [4.78, 5) is 25.5. The number of nitro benzene ring substituents is 1. The van der Waals surface area contributed by atoms with Gasteiger partial charge in [0.25, 0.3) is 5.91 Å². The maximum absolute atomic E-state index is 13.9. The highest BCUT2D eigenvalue weighted by Crippen LogP contribution is 2.24. The number of rotatable bonds is 4. The molecular formula is C12H9F2N3O3S. The van der Waals surface area contributed by atoms with Gasteiger partial charge in [0.1, 0.15) is 16.4 Å². The maximum Gasteiger partial charge on any atom is 0.305 e. The minimum Gasteiger partial charge on any atom is -0.343 e. The molecule has 0 aliphatic heterocycles. The average molecular weight is 313 g/mol. The Labute approximate surface area is 121 Å². The topological polar surface area (TPSA) is 85.1 Å². The van der Waals surface area contributed by atoms with Gasteiger partial charge < -0.3 is 5.32 Å². The molecule has 2 rings (SSSR count). The number of carbonyl (C=O) groups is 1. The first-order valence-electron chi connectivity index (χ1n) is 5.74. The van der Waals surface area contributed by atoms with Gasteiger partial charge in [0.05, 0.1) is 11.0 Å². The van der Waals surface area contributed by atoms with E-state index in [1.807, 2.05) is 0 Å². The molecule has 0 radical (unpaired) electrons. The largest absolute Gasteiger partial charge is 0.343 e. The molecular weight excluding hydrogens is 304 g/mol. The average Bonchev–Trinajstić information content (AvgIpc) is 2.91. The van der Waals surface area contributed by atoms with E-state index >= 15 is 0 Å². The van der Waals surface area contributed by atoms with Crippen molar-refractivity contribution in [2.75, 3.05) is 0 Å². The van der Waals surface area contributed by atoms with Crippen molar-refractivity contribution in [3.63, 3.8) is 0 Å². The Bertz CT molecular complexity index is 691. The van der Waals surface area contributed by atoms with Crippen LogP contribution in [0.2, 0.25) is 0 Å². The second-order valence-electron chi connectivity index (χ2n) is 4.08. The molecule has 0 spiro atoms. The first-order chi connectivity index (χ1) is 9.91. The van der Waals surface area contributed by atoms with Crippen LogP contribution in [0.15, 0.2) is 23.7 Å². The smallest absolute Gasteiger partial charge is 0.305 e. The van der Waals surface area contributed by atoms with E-state index in [1.54, 1.807) is 12.3 Å². The molecule has 1 unspecified atom stereocenters. The number of nitrogens with zero attached hydrogens (tertiary/aromatic N) is 2. The minimum absolute atomic E-state index is 0.551. The number of hydrogen-bond acceptors (Lipinski definition) is 5. The highest BCUT2D eigenvalue weighted by molar-refractivity contribution is 7.09. The zero-order valence-corrected chi connectivity index (χ0v) is 11.5. The van der Waals surface area contributed by atoms with Crippen molar-refractivity contribution < 1.29 is 18.5 Å². The SMILES string of the molecule is CC(NC(=O)c1c(F)ccc([N+](=O)[O-])c1F)c1nccs1. The van der Waals surface area contributed by atoms with Gasteiger partial charge in [-0.25, -0.2) is 9.37 Å². The summed E-state index contributed by atoms with van der Waals surface area (Å²) in [5, 5.41) is 15.2. The van der Waals surface area contributed by atoms with Crippen LogP contribution in [0.4, 0.5) is 14.5 Å². The number of carbonyl (C=O) groups excluding carboxylic acids is 1. The van der Waals surface area contributed by atoms with Crippen LogP contribution in [0.3, 0.4) is 0 Å². The maximum atomic E-state index is 13.9. The molecule has 1 amide bonds. The third kappa shape index (κ3) is 3.02. The van der Waals surface area contributed by atoms with Crippen LogP contribution < -0.4 is 5.32 Å². The summed E-state index contributed by atoms with van der Waals surface area (Å²) in [6.45, 7) is 1.59. The summed E-state index contributed by atoms with van der Waals surface area (Å²) in [6.07, 6.45) is 1.52. The standard InChI is InChI=1S/C12H9F2N3O3S/c1-6(12-15-4-5-21-12)16-11(18)9-7(13)2-3-8(10(9)14)17(19)20/h2-6H,1H3,(H,16,18). The number of benzene rings is 1. The van der Waals surface area contributed by atoms with Gasteiger partial charge >= 0.3 is 5.69 Å². The lowest BCUT2D eigenvalue weighted by Crippen LogP contribution is -2.28. The molecule has 110 valence electrons. The Balaban J connectivity index is 2.31. The van der Waals surface area contributed by atoms with Crippen molar-refractivity contribution in [1.82, 2.24) is 10.3 Å². The molecule has 9 heteroatoms. The van der Waals surface area contributed by atoms with Gasteiger partial charge in [-0.05, 0) is 13.0 Å². The Hall–Kier alpha value is -2.42. The predicted octanol–water partition coefficient (Wildman–Crippen LogP) is 2.82. The van der Waals surface area contributed by atoms with Gasteiger partial charge in [-0.15, -0.1) is 11.3 Å². The van der Waals surface area contributed by atoms with E-state index in [4.69, 9.17) is 0 Å². The highest BCUT2D eigenvalue weighted by atomic mass is 32.1. The van der Waals surface area contributed by atoms with E-state index in [0.29, 0.717) is 17.1 Å². The molecule has 2 aromatic rings. The summed E-state index contributed by atoms with van der Waals surface area (Å²) < 4.78 is 27.5. The molecule has 0 bridgehead atoms. The van der Waals surface area contributed by atoms with E-state index in [1.165, 1.54) is 17.5 Å². The van der Waals surface area contributed by atoms with E-state index in [2.05, 4.69) is 10.3 Å². The number of thiazole rings is 1. The predicted molar refractivity (Wildman–Crippen MR) is 71.0 cm³/mol. The van der Waals surface area contributed by atoms with Gasteiger partial charge in [-0.3, -0.25) is 14.9 Å². The zero-order valence-electron chi connectivity index (χ0n) is 10.7. The number of hydrogen-bond donors (Lipinski definition) is 1. The van der Waals surface area contributed by atoms with E-state index < -0.39 is 39.8 Å². The summed E-state index contributed by atoms with van der Waals surface area (Å²) >= 11 is 1.26. The van der Waals surface area contributed by atoms with Gasteiger partial charge in [0.15, 0.2) is 0 Å². The summed E-state index contributed by atoms with van der Waals surface area (Å²) in [7, 11) is 0. The normalized spacial score (nSPS) is 12.0. The summed E-state index contributed by atoms with van der Waals surface area (Å²) in [5.74, 6) is -3.73. The van der Waals surface area contributed by atoms with Crippen molar-refractivity contribution in [3.8, 4) is 0 Å². The van der Waals surface area contributed by atoms with Crippen LogP contribution in [-0.2, 0) is 0 Å². The Morgan fingerprint density at radius 1 is 1.48 bits per heavy atom. The van der Waals surface area contributed by atoms with Gasteiger partial charge in [-0.1, -0.05) is 0 Å². The van der Waals surface area contributed by atoms with Gasteiger partial charge in [0, 0.05) is 17.6 Å². The second kappa shape index (κ2) is 5.92. The molecule has 0 saturated heterocycles. The third-order valence-electron chi connectivity index (χ3n) is 2.66. The third-order valence-corrected chi connectivity index (χ3v) is 3.62. The summed E-state index contributed by atoms with van der Waals surface area (Å²) in [5.41, 5.74) is -1.93. The number of nitro groups is 1. The van der Waals surface area contributed by atoms with Crippen LogP contribution in [0.5, 0.6) is 0 Å². The molecule has 1 aromatic carbocycles. The first-order valence-corrected chi connectivity index (χ1v) is 6.62. The van der Waals surface area contributed by atoms with Crippen LogP contribution >= 0.6 is 11.3 Å². The zero-order chi connectivity index (χ0) is 15.6. The lowest BCUT2D eigenvalue weighted by atomic mass is 10.1. The van der Waals surface area contributed by atoms with Gasteiger partial charge in [-0.2, -0.15) is 4.39 Å². The van der Waals surface area contributed by atoms with E-state index in [9.17, 15) is 23.7 Å². The molecule has 1 heterocycles. The number of nitrogens with one attached hydrogen (secondary N) is 1. The van der Waals surface area contributed by atoms with Crippen molar-refractivity contribution in [2.24, 2.45) is 0 Å². The molecule has 1 atom stereocenters. The molecule has 1 N–H and O–H groups in total. The Morgan fingerprint density at radius 2 is 2.19 bits per heavy atom. The van der Waals surface area contributed by atoms with E-state index in [0.717, 1.165) is 0 Å². The fourth-order valence-corrected chi connectivity index (χ4v) is 2.32. The van der Waals surface area contributed by atoms with Crippen LogP contribution in [0.25, 0.3) is 0 Å². The number of aromatic nitrogens is 1. The van der Waals surface area contributed by atoms with Crippen molar-refractivity contribution >= 4 is 22.9 Å². The fourth-order valence-electron chi connectivity index (χ4n) is 1.67. The minimum atomic E-state index is -1.50. The fraction of sp³-hybridized carbons (Fsp3) is 0.167. The van der Waals surface area contributed by atoms with Crippen molar-refractivity contribution in [2.45, 2.75) is 13.0 Å². The monoisotopic (exact) mass is 313 g/mol. The van der Waals surface area contributed by atoms with Crippen LogP contribution in [0.1, 0.15) is 28.3 Å². The first kappa shape index (κ1) is 15.0. The van der Waals surface area contributed by atoms with Crippen LogP contribution in [0, 0.1) is 21.7 Å². The molecule has 0 fully saturated rings. The lowest BCUT2D eigenvalue weighted by molar-refractivity contribution is -0.387. The quantitative estimate of drug-likeness (QED) is 0.694. The lowest BCUT2D eigenvalue weighted by Gasteiger charge is -2.12. The molecule has 6 nitrogen and oxygen atoms in total. The Kier molecular flexibility index (Phi) is 4.22. The van der Waals surface area contributed by atoms with Crippen molar-refractivity contribution in [1.29, 1.82) is 0 Å². The molecule has 0 saturated carbocycles. The van der Waals surface area contributed by atoms with Crippen molar-refractivity contribution in [3.05, 3.63) is 56.0 Å². The molecule has 0 aliphatic rings. The molecule has 1 aromatic heterocycles. The molecule has 0 aliphatic carbocycles. The summed E-state index contributed by atoms with van der Waals surface area (Å²) in [6, 6.07) is 0.783. The molecule has 21 heavy (non-hydrogen) atoms. The van der Waals surface area contributed by atoms with Crippen LogP contribution in [-0.4, -0.2) is 15.8 Å². The van der Waals surface area contributed by atoms with Gasteiger partial charge in [0.2, 0.25) is 5.82 Å². The Morgan fingerprint density at radius 3 is 2.76 bits per heavy atom. The van der Waals surface area contributed by atoms with E-state index in [-0.39, 0.29) is 0 Å². The number of halogens is 2.